The Balaban J connectivity index is 1.27. The zero-order valence-corrected chi connectivity index (χ0v) is 21.2. The van der Waals surface area contributed by atoms with E-state index in [2.05, 4.69) is 34.2 Å². The van der Waals surface area contributed by atoms with Gasteiger partial charge in [-0.2, -0.15) is 0 Å². The SMILES string of the molecule is CC(c1cc(-c2nnc(COC(N)=O)o2)ccc1Cl)C1CCN(c2ccc3cc(Cl)ccc3n2)CC1. The molecule has 36 heavy (non-hydrogen) atoms. The number of nitrogens with zero attached hydrogens (tertiary/aromatic N) is 4. The second kappa shape index (κ2) is 10.3. The first-order valence-corrected chi connectivity index (χ1v) is 12.5. The fourth-order valence-electron chi connectivity index (χ4n) is 4.73. The van der Waals surface area contributed by atoms with Gasteiger partial charge in [0.15, 0.2) is 6.61 Å². The fourth-order valence-corrected chi connectivity index (χ4v) is 5.20. The van der Waals surface area contributed by atoms with E-state index in [-0.39, 0.29) is 18.4 Å². The molecule has 3 heterocycles. The first kappa shape index (κ1) is 24.3. The van der Waals surface area contributed by atoms with E-state index in [9.17, 15) is 4.79 Å². The molecule has 0 aliphatic carbocycles. The smallest absolute Gasteiger partial charge is 0.405 e. The summed E-state index contributed by atoms with van der Waals surface area (Å²) in [6, 6.07) is 15.6. The average molecular weight is 526 g/mol. The number of carbonyl (C=O) groups excluding carboxylic acids is 1. The summed E-state index contributed by atoms with van der Waals surface area (Å²) in [5, 5.41) is 10.4. The highest BCUT2D eigenvalue weighted by Gasteiger charge is 2.27. The summed E-state index contributed by atoms with van der Waals surface area (Å²) in [6.07, 6.45) is 1.15. The molecule has 0 radical (unpaired) electrons. The van der Waals surface area contributed by atoms with Gasteiger partial charge in [-0.25, -0.2) is 9.78 Å². The maximum absolute atomic E-state index is 10.8. The van der Waals surface area contributed by atoms with Crippen LogP contribution in [-0.4, -0.2) is 34.4 Å². The summed E-state index contributed by atoms with van der Waals surface area (Å²) in [7, 11) is 0. The number of hydrogen-bond acceptors (Lipinski definition) is 7. The van der Waals surface area contributed by atoms with Crippen LogP contribution in [0.3, 0.4) is 0 Å². The first-order chi connectivity index (χ1) is 17.4. The van der Waals surface area contributed by atoms with E-state index in [1.54, 1.807) is 0 Å². The number of benzene rings is 2. The van der Waals surface area contributed by atoms with Gasteiger partial charge in [0.25, 0.3) is 5.89 Å². The number of fused-ring (bicyclic) bond motifs is 1. The predicted molar refractivity (Wildman–Crippen MR) is 139 cm³/mol. The van der Waals surface area contributed by atoms with Crippen molar-refractivity contribution in [2.75, 3.05) is 18.0 Å². The van der Waals surface area contributed by atoms with Crippen LogP contribution in [-0.2, 0) is 11.3 Å². The molecule has 186 valence electrons. The number of hydrogen-bond donors (Lipinski definition) is 1. The summed E-state index contributed by atoms with van der Waals surface area (Å²) < 4.78 is 10.3. The lowest BCUT2D eigenvalue weighted by atomic mass is 9.81. The second-order valence-corrected chi connectivity index (χ2v) is 9.81. The van der Waals surface area contributed by atoms with Crippen LogP contribution in [0.25, 0.3) is 22.4 Å². The summed E-state index contributed by atoms with van der Waals surface area (Å²) in [5.41, 5.74) is 7.74. The van der Waals surface area contributed by atoms with Crippen molar-refractivity contribution in [1.29, 1.82) is 0 Å². The monoisotopic (exact) mass is 525 g/mol. The summed E-state index contributed by atoms with van der Waals surface area (Å²) in [4.78, 5) is 18.0. The molecule has 0 spiro atoms. The average Bonchev–Trinajstić information content (AvgIpc) is 3.36. The number of ether oxygens (including phenoxy) is 1. The molecule has 1 aliphatic rings. The molecule has 1 unspecified atom stereocenters. The van der Waals surface area contributed by atoms with Crippen LogP contribution >= 0.6 is 23.2 Å². The number of anilines is 1. The van der Waals surface area contributed by atoms with Crippen molar-refractivity contribution in [1.82, 2.24) is 15.2 Å². The highest BCUT2D eigenvalue weighted by molar-refractivity contribution is 6.31. The van der Waals surface area contributed by atoms with Crippen LogP contribution in [0.2, 0.25) is 10.0 Å². The molecule has 0 bridgehead atoms. The maximum Gasteiger partial charge on any atom is 0.405 e. The molecule has 2 aromatic heterocycles. The lowest BCUT2D eigenvalue weighted by Crippen LogP contribution is -2.35. The Labute approximate surface area is 218 Å². The van der Waals surface area contributed by atoms with Crippen molar-refractivity contribution in [2.45, 2.75) is 32.3 Å². The van der Waals surface area contributed by atoms with Crippen LogP contribution in [0.5, 0.6) is 0 Å². The van der Waals surface area contributed by atoms with Crippen molar-refractivity contribution < 1.29 is 13.9 Å². The number of halogens is 2. The predicted octanol–water partition coefficient (Wildman–Crippen LogP) is 6.21. The van der Waals surface area contributed by atoms with Crippen LogP contribution in [0, 0.1) is 5.92 Å². The van der Waals surface area contributed by atoms with Crippen molar-refractivity contribution >= 4 is 46.0 Å². The first-order valence-electron chi connectivity index (χ1n) is 11.7. The van der Waals surface area contributed by atoms with Crippen LogP contribution < -0.4 is 10.6 Å². The second-order valence-electron chi connectivity index (χ2n) is 8.96. The van der Waals surface area contributed by atoms with Crippen molar-refractivity contribution in [2.24, 2.45) is 11.7 Å². The van der Waals surface area contributed by atoms with E-state index in [1.165, 1.54) is 0 Å². The normalized spacial score (nSPS) is 15.2. The van der Waals surface area contributed by atoms with Crippen molar-refractivity contribution in [3.05, 3.63) is 70.0 Å². The molecule has 2 aromatic carbocycles. The zero-order valence-electron chi connectivity index (χ0n) is 19.7. The minimum Gasteiger partial charge on any atom is -0.440 e. The molecule has 1 atom stereocenters. The largest absolute Gasteiger partial charge is 0.440 e. The van der Waals surface area contributed by atoms with Gasteiger partial charge >= 0.3 is 6.09 Å². The van der Waals surface area contributed by atoms with Gasteiger partial charge in [-0.1, -0.05) is 30.1 Å². The molecule has 1 saturated heterocycles. The molecule has 10 heteroatoms. The molecular weight excluding hydrogens is 501 g/mol. The van der Waals surface area contributed by atoms with Gasteiger partial charge in [0.2, 0.25) is 5.89 Å². The molecule has 0 saturated carbocycles. The third-order valence-electron chi connectivity index (χ3n) is 6.75. The molecular formula is C26H25Cl2N5O3. The minimum absolute atomic E-state index is 0.169. The van der Waals surface area contributed by atoms with E-state index < -0.39 is 6.09 Å². The van der Waals surface area contributed by atoms with Crippen LogP contribution in [0.15, 0.2) is 52.9 Å². The van der Waals surface area contributed by atoms with Gasteiger partial charge in [-0.05, 0) is 78.8 Å². The van der Waals surface area contributed by atoms with Crippen LogP contribution in [0.1, 0.15) is 37.1 Å². The minimum atomic E-state index is -0.898. The number of piperidine rings is 1. The van der Waals surface area contributed by atoms with Crippen LogP contribution in [0.4, 0.5) is 10.6 Å². The quantitative estimate of drug-likeness (QED) is 0.318. The van der Waals surface area contributed by atoms with Gasteiger partial charge in [0.1, 0.15) is 5.82 Å². The molecule has 2 N–H and O–H groups in total. The Hall–Kier alpha value is -3.36. The van der Waals surface area contributed by atoms with Gasteiger partial charge in [-0.3, -0.25) is 0 Å². The fraction of sp³-hybridized carbons (Fsp3) is 0.308. The maximum atomic E-state index is 10.8. The Morgan fingerprint density at radius 2 is 1.94 bits per heavy atom. The standard InChI is InChI=1S/C26H25Cl2N5O3/c1-15(20-13-18(2-5-21(20)28)25-32-31-24(36-25)14-35-26(29)34)16-8-10-33(11-9-16)23-7-3-17-12-19(27)4-6-22(17)30-23/h2-7,12-13,15-16H,8-11,14H2,1H3,(H2,29,34). The number of carbonyl (C=O) groups is 1. The summed E-state index contributed by atoms with van der Waals surface area (Å²) >= 11 is 12.7. The number of primary amides is 1. The number of aromatic nitrogens is 3. The molecule has 1 fully saturated rings. The Kier molecular flexibility index (Phi) is 6.98. The topological polar surface area (TPSA) is 107 Å². The van der Waals surface area contributed by atoms with Gasteiger partial charge in [0.05, 0.1) is 5.52 Å². The number of rotatable bonds is 6. The third kappa shape index (κ3) is 5.24. The van der Waals surface area contributed by atoms with E-state index in [1.807, 2.05) is 36.4 Å². The molecule has 1 aliphatic heterocycles. The summed E-state index contributed by atoms with van der Waals surface area (Å²) in [6.45, 7) is 3.89. The van der Waals surface area contributed by atoms with E-state index in [0.717, 1.165) is 53.8 Å². The third-order valence-corrected chi connectivity index (χ3v) is 7.32. The Bertz CT molecular complexity index is 1400. The van der Waals surface area contributed by atoms with Crippen molar-refractivity contribution in [3.63, 3.8) is 0 Å². The van der Waals surface area contributed by atoms with E-state index in [4.69, 9.17) is 43.1 Å². The number of nitrogens with two attached hydrogens (primary N) is 1. The van der Waals surface area contributed by atoms with E-state index >= 15 is 0 Å². The zero-order chi connectivity index (χ0) is 25.2. The Morgan fingerprint density at radius 3 is 2.72 bits per heavy atom. The molecule has 8 nitrogen and oxygen atoms in total. The van der Waals surface area contributed by atoms with E-state index in [0.29, 0.717) is 21.9 Å². The summed E-state index contributed by atoms with van der Waals surface area (Å²) in [5.74, 6) is 2.21. The number of amides is 1. The van der Waals surface area contributed by atoms with Crippen molar-refractivity contribution in [3.8, 4) is 11.5 Å². The lowest BCUT2D eigenvalue weighted by Gasteiger charge is -2.36. The lowest BCUT2D eigenvalue weighted by molar-refractivity contribution is 0.139. The molecule has 5 rings (SSSR count). The molecule has 4 aromatic rings. The Morgan fingerprint density at radius 1 is 1.14 bits per heavy atom. The van der Waals surface area contributed by atoms with Gasteiger partial charge < -0.3 is 19.8 Å². The highest BCUT2D eigenvalue weighted by Crippen LogP contribution is 2.38. The molecule has 1 amide bonds. The highest BCUT2D eigenvalue weighted by atomic mass is 35.5. The number of pyridine rings is 1. The van der Waals surface area contributed by atoms with Gasteiger partial charge in [0, 0.05) is 34.1 Å². The van der Waals surface area contributed by atoms with Gasteiger partial charge in [-0.15, -0.1) is 10.2 Å².